The number of thiazole rings is 1. The minimum absolute atomic E-state index is 0.361. The summed E-state index contributed by atoms with van der Waals surface area (Å²) >= 11 is 1.55. The second kappa shape index (κ2) is 5.53. The summed E-state index contributed by atoms with van der Waals surface area (Å²) < 4.78 is 4.72. The van der Waals surface area contributed by atoms with Crippen LogP contribution < -0.4 is 0 Å². The Hall–Kier alpha value is -1.68. The molecule has 0 aliphatic heterocycles. The summed E-state index contributed by atoms with van der Waals surface area (Å²) in [7, 11) is 1.38. The van der Waals surface area contributed by atoms with Crippen LogP contribution in [0, 0.1) is 20.8 Å². The molecule has 0 saturated heterocycles. The van der Waals surface area contributed by atoms with Crippen molar-refractivity contribution in [3.8, 4) is 0 Å². The van der Waals surface area contributed by atoms with E-state index >= 15 is 0 Å². The van der Waals surface area contributed by atoms with Gasteiger partial charge >= 0.3 is 5.97 Å². The average molecular weight is 275 g/mol. The van der Waals surface area contributed by atoms with Crippen LogP contribution in [0.2, 0.25) is 0 Å². The summed E-state index contributed by atoms with van der Waals surface area (Å²) in [5.41, 5.74) is 4.16. The predicted molar refractivity (Wildman–Crippen MR) is 76.9 cm³/mol. The van der Waals surface area contributed by atoms with Gasteiger partial charge in [0.25, 0.3) is 0 Å². The molecule has 100 valence electrons. The Morgan fingerprint density at radius 1 is 1.21 bits per heavy atom. The number of esters is 1. The van der Waals surface area contributed by atoms with E-state index in [1.54, 1.807) is 11.3 Å². The molecule has 0 aliphatic carbocycles. The third-order valence-electron chi connectivity index (χ3n) is 2.86. The zero-order valence-electron chi connectivity index (χ0n) is 11.6. The topological polar surface area (TPSA) is 39.2 Å². The van der Waals surface area contributed by atoms with Gasteiger partial charge in [0.1, 0.15) is 0 Å². The summed E-state index contributed by atoms with van der Waals surface area (Å²) in [4.78, 5) is 16.8. The summed E-state index contributed by atoms with van der Waals surface area (Å²) in [6.45, 7) is 6.07. The molecule has 0 unspecified atom stereocenters. The molecule has 0 amide bonds. The highest BCUT2D eigenvalue weighted by Gasteiger charge is 2.15. The first kappa shape index (κ1) is 13.7. The van der Waals surface area contributed by atoms with Crippen molar-refractivity contribution in [3.05, 3.63) is 50.5 Å². The molecule has 1 heterocycles. The molecule has 0 atom stereocenters. The van der Waals surface area contributed by atoms with E-state index in [1.165, 1.54) is 23.8 Å². The molecule has 0 fully saturated rings. The molecule has 0 saturated carbocycles. The lowest BCUT2D eigenvalue weighted by Crippen LogP contribution is -2.03. The maximum atomic E-state index is 11.5. The highest BCUT2D eigenvalue weighted by Crippen LogP contribution is 2.22. The molecule has 0 N–H and O–H groups in total. The number of carbonyl (C=O) groups is 1. The quantitative estimate of drug-likeness (QED) is 0.805. The van der Waals surface area contributed by atoms with Crippen LogP contribution in [-0.2, 0) is 11.2 Å². The van der Waals surface area contributed by atoms with Gasteiger partial charge in [0.2, 0.25) is 0 Å². The average Bonchev–Trinajstić information content (AvgIpc) is 2.68. The van der Waals surface area contributed by atoms with Gasteiger partial charge in [0, 0.05) is 11.3 Å². The van der Waals surface area contributed by atoms with Crippen LogP contribution in [0.1, 0.15) is 37.1 Å². The standard InChI is InChI=1S/C15H17NO2S/c1-9-5-10(2)7-12(6-9)8-13-16-14(11(3)19-13)15(17)18-4/h5-7H,8H2,1-4H3. The number of nitrogens with zero attached hydrogens (tertiary/aromatic N) is 1. The lowest BCUT2D eigenvalue weighted by Gasteiger charge is -2.02. The lowest BCUT2D eigenvalue weighted by molar-refractivity contribution is 0.0594. The second-order valence-corrected chi connectivity index (χ2v) is 5.96. The Bertz CT molecular complexity index is 596. The highest BCUT2D eigenvalue weighted by atomic mass is 32.1. The zero-order chi connectivity index (χ0) is 14.0. The second-order valence-electron chi connectivity index (χ2n) is 4.68. The molecule has 0 bridgehead atoms. The molecule has 2 rings (SSSR count). The van der Waals surface area contributed by atoms with Crippen LogP contribution in [0.4, 0.5) is 0 Å². The van der Waals surface area contributed by atoms with Gasteiger partial charge in [-0.3, -0.25) is 0 Å². The van der Waals surface area contributed by atoms with E-state index < -0.39 is 0 Å². The van der Waals surface area contributed by atoms with E-state index in [2.05, 4.69) is 37.0 Å². The van der Waals surface area contributed by atoms with Crippen molar-refractivity contribution in [2.45, 2.75) is 27.2 Å². The van der Waals surface area contributed by atoms with E-state index in [-0.39, 0.29) is 5.97 Å². The molecule has 4 heteroatoms. The Morgan fingerprint density at radius 2 is 1.84 bits per heavy atom. The van der Waals surface area contributed by atoms with Gasteiger partial charge in [-0.2, -0.15) is 0 Å². The summed E-state index contributed by atoms with van der Waals surface area (Å²) in [5, 5.41) is 0.947. The number of hydrogen-bond acceptors (Lipinski definition) is 4. The van der Waals surface area contributed by atoms with Crippen LogP contribution in [0.15, 0.2) is 18.2 Å². The fourth-order valence-corrected chi connectivity index (χ4v) is 3.11. The third kappa shape index (κ3) is 3.20. The van der Waals surface area contributed by atoms with Crippen molar-refractivity contribution < 1.29 is 9.53 Å². The molecule has 2 aromatic rings. The van der Waals surface area contributed by atoms with Gasteiger partial charge in [-0.15, -0.1) is 11.3 Å². The van der Waals surface area contributed by atoms with Crippen molar-refractivity contribution in [2.24, 2.45) is 0 Å². The summed E-state index contributed by atoms with van der Waals surface area (Å²) in [6, 6.07) is 6.46. The number of rotatable bonds is 3. The van der Waals surface area contributed by atoms with Crippen LogP contribution in [0.25, 0.3) is 0 Å². The van der Waals surface area contributed by atoms with Crippen molar-refractivity contribution >= 4 is 17.3 Å². The van der Waals surface area contributed by atoms with Gasteiger partial charge in [-0.25, -0.2) is 9.78 Å². The molecule has 0 radical (unpaired) electrons. The van der Waals surface area contributed by atoms with Gasteiger partial charge in [-0.1, -0.05) is 29.3 Å². The van der Waals surface area contributed by atoms with Gasteiger partial charge in [0.15, 0.2) is 5.69 Å². The molecule has 0 aliphatic rings. The van der Waals surface area contributed by atoms with Crippen LogP contribution >= 0.6 is 11.3 Å². The number of carbonyl (C=O) groups excluding carboxylic acids is 1. The Kier molecular flexibility index (Phi) is 4.00. The minimum Gasteiger partial charge on any atom is -0.464 e. The number of ether oxygens (including phenoxy) is 1. The molecule has 19 heavy (non-hydrogen) atoms. The Labute approximate surface area is 117 Å². The van der Waals surface area contributed by atoms with E-state index in [1.807, 2.05) is 6.92 Å². The Balaban J connectivity index is 2.26. The highest BCUT2D eigenvalue weighted by molar-refractivity contribution is 7.11. The normalized spacial score (nSPS) is 10.5. The Morgan fingerprint density at radius 3 is 2.42 bits per heavy atom. The van der Waals surface area contributed by atoms with Crippen molar-refractivity contribution in [1.29, 1.82) is 0 Å². The monoisotopic (exact) mass is 275 g/mol. The van der Waals surface area contributed by atoms with Crippen LogP contribution in [0.5, 0.6) is 0 Å². The lowest BCUT2D eigenvalue weighted by atomic mass is 10.1. The minimum atomic E-state index is -0.361. The molecule has 0 spiro atoms. The van der Waals surface area contributed by atoms with E-state index in [0.717, 1.165) is 16.3 Å². The van der Waals surface area contributed by atoms with Crippen LogP contribution in [-0.4, -0.2) is 18.1 Å². The molecular formula is C15H17NO2S. The van der Waals surface area contributed by atoms with Gasteiger partial charge < -0.3 is 4.74 Å². The van der Waals surface area contributed by atoms with Crippen molar-refractivity contribution in [3.63, 3.8) is 0 Å². The van der Waals surface area contributed by atoms with Gasteiger partial charge in [0.05, 0.1) is 12.1 Å². The van der Waals surface area contributed by atoms with Gasteiger partial charge in [-0.05, 0) is 26.3 Å². The fraction of sp³-hybridized carbons (Fsp3) is 0.333. The first-order chi connectivity index (χ1) is 8.99. The van der Waals surface area contributed by atoms with E-state index in [0.29, 0.717) is 5.69 Å². The molecule has 1 aromatic carbocycles. The fourth-order valence-electron chi connectivity index (χ4n) is 2.16. The summed E-state index contributed by atoms with van der Waals surface area (Å²) in [5.74, 6) is -0.361. The number of aromatic nitrogens is 1. The molecule has 1 aromatic heterocycles. The number of benzene rings is 1. The summed E-state index contributed by atoms with van der Waals surface area (Å²) in [6.07, 6.45) is 0.755. The SMILES string of the molecule is COC(=O)c1nc(Cc2cc(C)cc(C)c2)sc1C. The van der Waals surface area contributed by atoms with Crippen molar-refractivity contribution in [2.75, 3.05) is 7.11 Å². The maximum Gasteiger partial charge on any atom is 0.357 e. The first-order valence-electron chi connectivity index (χ1n) is 6.11. The predicted octanol–water partition coefficient (Wildman–Crippen LogP) is 3.45. The first-order valence-corrected chi connectivity index (χ1v) is 6.93. The van der Waals surface area contributed by atoms with Crippen LogP contribution in [0.3, 0.4) is 0 Å². The third-order valence-corrected chi connectivity index (χ3v) is 3.83. The largest absolute Gasteiger partial charge is 0.464 e. The van der Waals surface area contributed by atoms with Crippen molar-refractivity contribution in [1.82, 2.24) is 4.98 Å². The van der Waals surface area contributed by atoms with E-state index in [4.69, 9.17) is 4.74 Å². The maximum absolute atomic E-state index is 11.5. The molecule has 3 nitrogen and oxygen atoms in total. The molecular weight excluding hydrogens is 258 g/mol. The number of aryl methyl sites for hydroxylation is 3. The smallest absolute Gasteiger partial charge is 0.357 e. The zero-order valence-corrected chi connectivity index (χ0v) is 12.4. The number of methoxy groups -OCH3 is 1. The van der Waals surface area contributed by atoms with E-state index in [9.17, 15) is 4.79 Å². The number of hydrogen-bond donors (Lipinski definition) is 0.